The molecule has 5 heteroatoms. The van der Waals surface area contributed by atoms with E-state index in [2.05, 4.69) is 0 Å². The molecule has 0 bridgehead atoms. The second-order valence-corrected chi connectivity index (χ2v) is 2.78. The van der Waals surface area contributed by atoms with Crippen molar-refractivity contribution in [2.24, 2.45) is 0 Å². The van der Waals surface area contributed by atoms with Crippen LogP contribution in [0.1, 0.15) is 5.56 Å². The molecule has 0 aliphatic heterocycles. The third-order valence-corrected chi connectivity index (χ3v) is 1.81. The van der Waals surface area contributed by atoms with E-state index >= 15 is 0 Å². The van der Waals surface area contributed by atoms with Crippen molar-refractivity contribution in [3.8, 4) is 6.07 Å². The predicted octanol–water partition coefficient (Wildman–Crippen LogP) is 2.31. The van der Waals surface area contributed by atoms with Gasteiger partial charge in [0.1, 0.15) is 5.02 Å². The summed E-state index contributed by atoms with van der Waals surface area (Å²) in [5.74, 6) is 0. The summed E-state index contributed by atoms with van der Waals surface area (Å²) in [6, 6.07) is 6.23. The topological polar surface area (TPSA) is 66.9 Å². The first-order valence-electron chi connectivity index (χ1n) is 3.45. The van der Waals surface area contributed by atoms with Gasteiger partial charge in [-0.25, -0.2) is 0 Å². The maximum Gasteiger partial charge on any atom is 0.288 e. The zero-order chi connectivity index (χ0) is 9.84. The van der Waals surface area contributed by atoms with Crippen LogP contribution in [0, 0.1) is 21.4 Å². The number of nitrogens with zero attached hydrogens (tertiary/aromatic N) is 2. The van der Waals surface area contributed by atoms with Gasteiger partial charge in [0.05, 0.1) is 17.4 Å². The van der Waals surface area contributed by atoms with Crippen LogP contribution in [0.3, 0.4) is 0 Å². The van der Waals surface area contributed by atoms with Gasteiger partial charge in [0, 0.05) is 6.07 Å². The molecule has 0 atom stereocenters. The van der Waals surface area contributed by atoms with Gasteiger partial charge < -0.3 is 0 Å². The smallest absolute Gasteiger partial charge is 0.258 e. The number of nitriles is 1. The summed E-state index contributed by atoms with van der Waals surface area (Å²) >= 11 is 5.57. The highest BCUT2D eigenvalue weighted by atomic mass is 35.5. The van der Waals surface area contributed by atoms with Crippen LogP contribution in [-0.2, 0) is 6.42 Å². The predicted molar refractivity (Wildman–Crippen MR) is 47.4 cm³/mol. The SMILES string of the molecule is N#CCc1ccc(Cl)c([N+](=O)[O-])c1. The first-order valence-corrected chi connectivity index (χ1v) is 3.82. The molecule has 0 fully saturated rings. The van der Waals surface area contributed by atoms with Crippen molar-refractivity contribution >= 4 is 17.3 Å². The third kappa shape index (κ3) is 2.17. The number of hydrogen-bond acceptors (Lipinski definition) is 3. The molecule has 0 aliphatic rings. The monoisotopic (exact) mass is 196 g/mol. The fraction of sp³-hybridized carbons (Fsp3) is 0.125. The van der Waals surface area contributed by atoms with Gasteiger partial charge in [-0.1, -0.05) is 17.7 Å². The van der Waals surface area contributed by atoms with Crippen LogP contribution in [0.4, 0.5) is 5.69 Å². The molecule has 4 nitrogen and oxygen atoms in total. The highest BCUT2D eigenvalue weighted by molar-refractivity contribution is 6.32. The normalized spacial score (nSPS) is 9.23. The highest BCUT2D eigenvalue weighted by Gasteiger charge is 2.11. The number of nitro benzene ring substituents is 1. The van der Waals surface area contributed by atoms with Gasteiger partial charge in [0.2, 0.25) is 0 Å². The van der Waals surface area contributed by atoms with Crippen molar-refractivity contribution in [2.75, 3.05) is 0 Å². The average Bonchev–Trinajstić information content (AvgIpc) is 2.08. The zero-order valence-electron chi connectivity index (χ0n) is 6.53. The summed E-state index contributed by atoms with van der Waals surface area (Å²) in [6.45, 7) is 0. The Morgan fingerprint density at radius 3 is 2.85 bits per heavy atom. The molecule has 0 saturated heterocycles. The van der Waals surface area contributed by atoms with E-state index in [1.807, 2.05) is 6.07 Å². The summed E-state index contributed by atoms with van der Waals surface area (Å²) in [4.78, 5) is 9.85. The van der Waals surface area contributed by atoms with Gasteiger partial charge in [-0.15, -0.1) is 0 Å². The van der Waals surface area contributed by atoms with E-state index in [1.54, 1.807) is 6.07 Å². The Morgan fingerprint density at radius 1 is 1.62 bits per heavy atom. The van der Waals surface area contributed by atoms with E-state index in [0.717, 1.165) is 0 Å². The number of rotatable bonds is 2. The number of hydrogen-bond donors (Lipinski definition) is 0. The molecule has 0 amide bonds. The van der Waals surface area contributed by atoms with Crippen LogP contribution in [0.25, 0.3) is 0 Å². The average molecular weight is 197 g/mol. The molecule has 0 aromatic heterocycles. The van der Waals surface area contributed by atoms with Crippen LogP contribution in [0.2, 0.25) is 5.02 Å². The van der Waals surface area contributed by atoms with Crippen molar-refractivity contribution in [3.63, 3.8) is 0 Å². The van der Waals surface area contributed by atoms with Gasteiger partial charge in [-0.3, -0.25) is 10.1 Å². The minimum Gasteiger partial charge on any atom is -0.258 e. The minimum atomic E-state index is -0.566. The number of benzene rings is 1. The van der Waals surface area contributed by atoms with Crippen molar-refractivity contribution in [1.29, 1.82) is 5.26 Å². The Labute approximate surface area is 79.5 Å². The van der Waals surface area contributed by atoms with Gasteiger partial charge >= 0.3 is 0 Å². The van der Waals surface area contributed by atoms with Crippen LogP contribution < -0.4 is 0 Å². The van der Waals surface area contributed by atoms with Crippen molar-refractivity contribution in [1.82, 2.24) is 0 Å². The van der Waals surface area contributed by atoms with E-state index < -0.39 is 4.92 Å². The van der Waals surface area contributed by atoms with Gasteiger partial charge in [0.15, 0.2) is 0 Å². The fourth-order valence-corrected chi connectivity index (χ4v) is 1.09. The van der Waals surface area contributed by atoms with Crippen LogP contribution in [0.15, 0.2) is 18.2 Å². The standard InChI is InChI=1S/C8H5ClN2O2/c9-7-2-1-6(3-4-10)5-8(7)11(12)13/h1-2,5H,3H2. The largest absolute Gasteiger partial charge is 0.288 e. The van der Waals surface area contributed by atoms with Crippen LogP contribution in [-0.4, -0.2) is 4.92 Å². The van der Waals surface area contributed by atoms with Gasteiger partial charge in [-0.05, 0) is 11.6 Å². The molecule has 13 heavy (non-hydrogen) atoms. The molecule has 0 aliphatic carbocycles. The first-order chi connectivity index (χ1) is 6.15. The first kappa shape index (κ1) is 9.49. The fourth-order valence-electron chi connectivity index (χ4n) is 0.899. The summed E-state index contributed by atoms with van der Waals surface area (Å²) in [5.41, 5.74) is 0.438. The molecule has 0 radical (unpaired) electrons. The lowest BCUT2D eigenvalue weighted by Crippen LogP contribution is -1.91. The summed E-state index contributed by atoms with van der Waals surface area (Å²) in [7, 11) is 0. The molecule has 0 heterocycles. The van der Waals surface area contributed by atoms with Crippen LogP contribution >= 0.6 is 11.6 Å². The van der Waals surface area contributed by atoms with Crippen molar-refractivity contribution < 1.29 is 4.92 Å². The maximum atomic E-state index is 10.4. The molecule has 0 spiro atoms. The highest BCUT2D eigenvalue weighted by Crippen LogP contribution is 2.24. The van der Waals surface area contributed by atoms with Gasteiger partial charge in [0.25, 0.3) is 5.69 Å². The van der Waals surface area contributed by atoms with E-state index in [0.29, 0.717) is 5.56 Å². The zero-order valence-corrected chi connectivity index (χ0v) is 7.28. The quantitative estimate of drug-likeness (QED) is 0.539. The Hall–Kier alpha value is -1.60. The second kappa shape index (κ2) is 3.87. The lowest BCUT2D eigenvalue weighted by atomic mass is 10.1. The number of nitro groups is 1. The van der Waals surface area contributed by atoms with Crippen molar-refractivity contribution in [3.05, 3.63) is 38.9 Å². The lowest BCUT2D eigenvalue weighted by Gasteiger charge is -1.96. The van der Waals surface area contributed by atoms with E-state index in [9.17, 15) is 10.1 Å². The molecular weight excluding hydrogens is 192 g/mol. The second-order valence-electron chi connectivity index (χ2n) is 2.38. The molecule has 1 rings (SSSR count). The molecule has 66 valence electrons. The van der Waals surface area contributed by atoms with E-state index in [1.165, 1.54) is 12.1 Å². The van der Waals surface area contributed by atoms with Crippen molar-refractivity contribution in [2.45, 2.75) is 6.42 Å². The summed E-state index contributed by atoms with van der Waals surface area (Å²) in [5, 5.41) is 18.9. The number of halogens is 1. The molecule has 0 saturated carbocycles. The molecule has 0 unspecified atom stereocenters. The minimum absolute atomic E-state index is 0.0895. The third-order valence-electron chi connectivity index (χ3n) is 1.49. The Balaban J connectivity index is 3.13. The Kier molecular flexibility index (Phi) is 2.83. The molecule has 1 aromatic rings. The van der Waals surface area contributed by atoms with E-state index in [4.69, 9.17) is 16.9 Å². The molecular formula is C8H5ClN2O2. The van der Waals surface area contributed by atoms with Crippen LogP contribution in [0.5, 0.6) is 0 Å². The van der Waals surface area contributed by atoms with Gasteiger partial charge in [-0.2, -0.15) is 5.26 Å². The maximum absolute atomic E-state index is 10.4. The Bertz CT molecular complexity index is 384. The summed E-state index contributed by atoms with van der Waals surface area (Å²) < 4.78 is 0. The van der Waals surface area contributed by atoms with E-state index in [-0.39, 0.29) is 17.1 Å². The Morgan fingerprint density at radius 2 is 2.31 bits per heavy atom. The lowest BCUT2D eigenvalue weighted by molar-refractivity contribution is -0.384. The molecule has 1 aromatic carbocycles. The summed E-state index contributed by atoms with van der Waals surface area (Å²) in [6.07, 6.45) is 0.151. The molecule has 0 N–H and O–H groups in total.